The van der Waals surface area contributed by atoms with Crippen LogP contribution in [0, 0.1) is 12.3 Å². The quantitative estimate of drug-likeness (QED) is 0.605. The molecule has 0 aliphatic carbocycles. The number of benzene rings is 1. The molecule has 1 N–H and O–H groups in total. The largest absolute Gasteiger partial charge is 0.307 e. The maximum absolute atomic E-state index is 5.36. The highest BCUT2D eigenvalue weighted by molar-refractivity contribution is 7.98. The smallest absolute Gasteiger partial charge is 0.0294 e. The fourth-order valence-corrected chi connectivity index (χ4v) is 2.21. The van der Waals surface area contributed by atoms with Crippen molar-refractivity contribution in [3.8, 4) is 12.3 Å². The number of thioether (sulfide) groups is 1. The van der Waals surface area contributed by atoms with Crippen molar-refractivity contribution in [1.82, 2.24) is 5.32 Å². The molecule has 0 spiro atoms. The van der Waals surface area contributed by atoms with Crippen LogP contribution in [0.5, 0.6) is 0 Å². The van der Waals surface area contributed by atoms with Crippen molar-refractivity contribution in [2.24, 2.45) is 0 Å². The third-order valence-electron chi connectivity index (χ3n) is 2.96. The molecule has 0 saturated carbocycles. The molecule has 0 aliphatic rings. The minimum absolute atomic E-state index is 0.351. The minimum atomic E-state index is 0.351. The molecular weight excluding hydrogens is 226 g/mol. The zero-order valence-electron chi connectivity index (χ0n) is 10.9. The highest BCUT2D eigenvalue weighted by Gasteiger charge is 2.10. The lowest BCUT2D eigenvalue weighted by Crippen LogP contribution is -2.30. The second-order valence-corrected chi connectivity index (χ2v) is 5.05. The van der Waals surface area contributed by atoms with Crippen LogP contribution < -0.4 is 5.32 Å². The number of terminal acetylenes is 1. The fraction of sp³-hybridized carbons (Fsp3) is 0.467. The number of hydrogen-bond donors (Lipinski definition) is 1. The molecule has 0 aliphatic heterocycles. The molecule has 1 aromatic rings. The van der Waals surface area contributed by atoms with Crippen LogP contribution in [0.2, 0.25) is 0 Å². The van der Waals surface area contributed by atoms with E-state index in [1.807, 2.05) is 0 Å². The molecule has 92 valence electrons. The van der Waals surface area contributed by atoms with Gasteiger partial charge >= 0.3 is 0 Å². The SMILES string of the molecule is C#CCC(CC)NC(C)c1ccc(SC)cc1. The van der Waals surface area contributed by atoms with Gasteiger partial charge in [0.1, 0.15) is 0 Å². The van der Waals surface area contributed by atoms with Gasteiger partial charge in [-0.2, -0.15) is 0 Å². The van der Waals surface area contributed by atoms with E-state index in [4.69, 9.17) is 6.42 Å². The van der Waals surface area contributed by atoms with Crippen molar-refractivity contribution >= 4 is 11.8 Å². The molecular formula is C15H21NS. The van der Waals surface area contributed by atoms with Gasteiger partial charge in [0.15, 0.2) is 0 Å². The lowest BCUT2D eigenvalue weighted by atomic mass is 10.1. The average Bonchev–Trinajstić information content (AvgIpc) is 2.38. The lowest BCUT2D eigenvalue weighted by Gasteiger charge is -2.21. The molecule has 17 heavy (non-hydrogen) atoms. The number of rotatable bonds is 6. The summed E-state index contributed by atoms with van der Waals surface area (Å²) in [4.78, 5) is 1.30. The average molecular weight is 247 g/mol. The van der Waals surface area contributed by atoms with Crippen LogP contribution in [0.1, 0.15) is 38.3 Å². The number of nitrogens with one attached hydrogen (secondary N) is 1. The highest BCUT2D eigenvalue weighted by Crippen LogP contribution is 2.19. The summed E-state index contributed by atoms with van der Waals surface area (Å²) in [6, 6.07) is 9.47. The molecule has 0 amide bonds. The van der Waals surface area contributed by atoms with E-state index in [0.717, 1.165) is 12.8 Å². The first-order valence-corrected chi connectivity index (χ1v) is 7.27. The molecule has 0 radical (unpaired) electrons. The first-order valence-electron chi connectivity index (χ1n) is 6.04. The molecule has 0 aromatic heterocycles. The molecule has 2 unspecified atom stereocenters. The predicted octanol–water partition coefficient (Wildman–Crippen LogP) is 3.86. The summed E-state index contributed by atoms with van der Waals surface area (Å²) in [5.41, 5.74) is 1.32. The Hall–Kier alpha value is -0.910. The Morgan fingerprint density at radius 3 is 2.47 bits per heavy atom. The molecule has 1 aromatic carbocycles. The maximum atomic E-state index is 5.36. The zero-order chi connectivity index (χ0) is 12.7. The van der Waals surface area contributed by atoms with Crippen molar-refractivity contribution in [3.05, 3.63) is 29.8 Å². The molecule has 2 atom stereocenters. The summed E-state index contributed by atoms with van der Waals surface area (Å²) in [7, 11) is 0. The van der Waals surface area contributed by atoms with E-state index in [-0.39, 0.29) is 0 Å². The molecule has 0 heterocycles. The Kier molecular flexibility index (Phi) is 6.18. The van der Waals surface area contributed by atoms with Crippen molar-refractivity contribution in [1.29, 1.82) is 0 Å². The Balaban J connectivity index is 2.62. The standard InChI is InChI=1S/C15H21NS/c1-5-7-14(6-2)16-12(3)13-8-10-15(17-4)11-9-13/h1,8-12,14,16H,6-7H2,2-4H3. The van der Waals surface area contributed by atoms with Crippen LogP contribution in [-0.2, 0) is 0 Å². The van der Waals surface area contributed by atoms with Gasteiger partial charge in [-0.15, -0.1) is 24.1 Å². The predicted molar refractivity (Wildman–Crippen MR) is 77.3 cm³/mol. The topological polar surface area (TPSA) is 12.0 Å². The van der Waals surface area contributed by atoms with E-state index in [9.17, 15) is 0 Å². The summed E-state index contributed by atoms with van der Waals surface area (Å²) < 4.78 is 0. The lowest BCUT2D eigenvalue weighted by molar-refractivity contribution is 0.449. The van der Waals surface area contributed by atoms with Crippen molar-refractivity contribution in [2.75, 3.05) is 6.26 Å². The van der Waals surface area contributed by atoms with Gasteiger partial charge < -0.3 is 5.32 Å². The summed E-state index contributed by atoms with van der Waals surface area (Å²) in [5.74, 6) is 2.73. The van der Waals surface area contributed by atoms with E-state index in [2.05, 4.69) is 55.6 Å². The van der Waals surface area contributed by atoms with Crippen LogP contribution in [0.25, 0.3) is 0 Å². The van der Waals surface area contributed by atoms with Gasteiger partial charge in [-0.1, -0.05) is 19.1 Å². The number of hydrogen-bond acceptors (Lipinski definition) is 2. The Morgan fingerprint density at radius 1 is 1.35 bits per heavy atom. The Labute approximate surface area is 109 Å². The monoisotopic (exact) mass is 247 g/mol. The van der Waals surface area contributed by atoms with E-state index < -0.39 is 0 Å². The first kappa shape index (κ1) is 14.2. The molecule has 2 heteroatoms. The van der Waals surface area contributed by atoms with E-state index >= 15 is 0 Å². The molecule has 0 saturated heterocycles. The second kappa shape index (κ2) is 7.42. The Morgan fingerprint density at radius 2 is 2.00 bits per heavy atom. The fourth-order valence-electron chi connectivity index (χ4n) is 1.81. The third-order valence-corrected chi connectivity index (χ3v) is 3.70. The summed E-state index contributed by atoms with van der Waals surface area (Å²) in [6.07, 6.45) is 9.32. The van der Waals surface area contributed by atoms with Gasteiger partial charge in [-0.3, -0.25) is 0 Å². The van der Waals surface area contributed by atoms with E-state index in [0.29, 0.717) is 12.1 Å². The van der Waals surface area contributed by atoms with Crippen molar-refractivity contribution in [3.63, 3.8) is 0 Å². The van der Waals surface area contributed by atoms with Gasteiger partial charge in [-0.05, 0) is 37.3 Å². The van der Waals surface area contributed by atoms with Crippen LogP contribution in [0.3, 0.4) is 0 Å². The first-order chi connectivity index (χ1) is 8.21. The normalized spacial score (nSPS) is 14.0. The van der Waals surface area contributed by atoms with Gasteiger partial charge in [0.2, 0.25) is 0 Å². The van der Waals surface area contributed by atoms with Crippen molar-refractivity contribution < 1.29 is 0 Å². The van der Waals surface area contributed by atoms with Gasteiger partial charge in [0.25, 0.3) is 0 Å². The summed E-state index contributed by atoms with van der Waals surface area (Å²) >= 11 is 1.77. The van der Waals surface area contributed by atoms with Crippen LogP contribution in [-0.4, -0.2) is 12.3 Å². The molecule has 0 fully saturated rings. The summed E-state index contributed by atoms with van der Waals surface area (Å²) in [6.45, 7) is 4.35. The maximum Gasteiger partial charge on any atom is 0.0294 e. The minimum Gasteiger partial charge on any atom is -0.307 e. The van der Waals surface area contributed by atoms with Crippen LogP contribution >= 0.6 is 11.8 Å². The van der Waals surface area contributed by atoms with Crippen LogP contribution in [0.4, 0.5) is 0 Å². The second-order valence-electron chi connectivity index (χ2n) is 4.17. The molecule has 1 rings (SSSR count). The summed E-state index contributed by atoms with van der Waals surface area (Å²) in [5, 5.41) is 3.57. The van der Waals surface area contributed by atoms with E-state index in [1.165, 1.54) is 10.5 Å². The van der Waals surface area contributed by atoms with Crippen molar-refractivity contribution in [2.45, 2.75) is 43.7 Å². The zero-order valence-corrected chi connectivity index (χ0v) is 11.7. The van der Waals surface area contributed by atoms with Crippen LogP contribution in [0.15, 0.2) is 29.2 Å². The van der Waals surface area contributed by atoms with E-state index in [1.54, 1.807) is 11.8 Å². The van der Waals surface area contributed by atoms with Gasteiger partial charge in [-0.25, -0.2) is 0 Å². The van der Waals surface area contributed by atoms with Gasteiger partial charge in [0, 0.05) is 23.4 Å². The highest BCUT2D eigenvalue weighted by atomic mass is 32.2. The Bertz CT molecular complexity index is 364. The molecule has 0 bridgehead atoms. The third kappa shape index (κ3) is 4.46. The van der Waals surface area contributed by atoms with Gasteiger partial charge in [0.05, 0.1) is 0 Å². The molecule has 1 nitrogen and oxygen atoms in total.